The third-order valence-electron chi connectivity index (χ3n) is 3.51. The van der Waals surface area contributed by atoms with Gasteiger partial charge in [-0.1, -0.05) is 25.9 Å². The molecule has 1 aliphatic heterocycles. The number of urea groups is 1. The van der Waals surface area contributed by atoms with E-state index in [1.165, 1.54) is 6.26 Å². The molecule has 2 atom stereocenters. The average Bonchev–Trinajstić information content (AvgIpc) is 3.03. The van der Waals surface area contributed by atoms with E-state index in [0.717, 1.165) is 13.0 Å². The molecule has 6 heteroatoms. The van der Waals surface area contributed by atoms with Crippen LogP contribution in [-0.4, -0.2) is 30.4 Å². The molecule has 0 saturated carbocycles. The van der Waals surface area contributed by atoms with Crippen molar-refractivity contribution in [1.82, 2.24) is 15.8 Å². The van der Waals surface area contributed by atoms with Crippen LogP contribution in [0.3, 0.4) is 0 Å². The van der Waals surface area contributed by atoms with Crippen molar-refractivity contribution in [2.75, 3.05) is 13.2 Å². The molecular weight excluding hydrogens is 258 g/mol. The van der Waals surface area contributed by atoms with Crippen LogP contribution in [0.25, 0.3) is 0 Å². The highest BCUT2D eigenvalue weighted by Crippen LogP contribution is 2.34. The van der Waals surface area contributed by atoms with Gasteiger partial charge in [0.25, 0.3) is 0 Å². The lowest BCUT2D eigenvalue weighted by Crippen LogP contribution is -2.42. The number of carbonyl (C=O) groups is 1. The maximum absolute atomic E-state index is 11.7. The van der Waals surface area contributed by atoms with Gasteiger partial charge in [-0.05, 0) is 11.8 Å². The van der Waals surface area contributed by atoms with Crippen LogP contribution in [0.15, 0.2) is 16.9 Å². The number of hydrogen-bond donors (Lipinski definition) is 2. The van der Waals surface area contributed by atoms with Gasteiger partial charge in [-0.25, -0.2) is 4.79 Å². The van der Waals surface area contributed by atoms with E-state index < -0.39 is 0 Å². The van der Waals surface area contributed by atoms with E-state index in [-0.39, 0.29) is 17.6 Å². The summed E-state index contributed by atoms with van der Waals surface area (Å²) in [6.07, 6.45) is 2.67. The molecule has 0 bridgehead atoms. The second kappa shape index (κ2) is 6.26. The van der Waals surface area contributed by atoms with Gasteiger partial charge < -0.3 is 19.9 Å². The van der Waals surface area contributed by atoms with Gasteiger partial charge in [-0.3, -0.25) is 0 Å². The normalized spacial score (nSPS) is 22.8. The Bertz CT molecular complexity index is 425. The van der Waals surface area contributed by atoms with E-state index in [9.17, 15) is 4.79 Å². The van der Waals surface area contributed by atoms with E-state index in [2.05, 4.69) is 36.6 Å². The minimum atomic E-state index is -0.187. The fraction of sp³-hybridized carbons (Fsp3) is 0.714. The molecule has 1 fully saturated rings. The Morgan fingerprint density at radius 1 is 1.45 bits per heavy atom. The van der Waals surface area contributed by atoms with Gasteiger partial charge in [0.1, 0.15) is 12.0 Å². The molecule has 112 valence electrons. The molecule has 1 aromatic heterocycles. The first kappa shape index (κ1) is 14.8. The van der Waals surface area contributed by atoms with E-state index >= 15 is 0 Å². The van der Waals surface area contributed by atoms with Crippen LogP contribution in [0.2, 0.25) is 0 Å². The molecule has 2 rings (SSSR count). The van der Waals surface area contributed by atoms with Gasteiger partial charge in [0, 0.05) is 25.1 Å². The minimum Gasteiger partial charge on any atom is -0.377 e. The predicted molar refractivity (Wildman–Crippen MR) is 74.0 cm³/mol. The zero-order valence-corrected chi connectivity index (χ0v) is 12.3. The second-order valence-corrected chi connectivity index (χ2v) is 6.26. The molecule has 0 aliphatic carbocycles. The Morgan fingerprint density at radius 3 is 2.90 bits per heavy atom. The van der Waals surface area contributed by atoms with Crippen LogP contribution >= 0.6 is 0 Å². The number of nitrogens with zero attached hydrogens (tertiary/aromatic N) is 1. The van der Waals surface area contributed by atoms with E-state index in [1.807, 2.05) is 0 Å². The molecule has 2 amide bonds. The summed E-state index contributed by atoms with van der Waals surface area (Å²) in [7, 11) is 0. The van der Waals surface area contributed by atoms with Crippen LogP contribution in [0.4, 0.5) is 4.79 Å². The molecule has 20 heavy (non-hydrogen) atoms. The quantitative estimate of drug-likeness (QED) is 0.884. The highest BCUT2D eigenvalue weighted by atomic mass is 16.5. The van der Waals surface area contributed by atoms with Crippen LogP contribution < -0.4 is 10.6 Å². The Hall–Kier alpha value is -1.56. The number of amides is 2. The van der Waals surface area contributed by atoms with Crippen LogP contribution in [0, 0.1) is 11.3 Å². The molecule has 1 aliphatic rings. The van der Waals surface area contributed by atoms with E-state index in [0.29, 0.717) is 24.7 Å². The first-order valence-electron chi connectivity index (χ1n) is 6.99. The number of nitrogens with one attached hydrogen (secondary N) is 2. The number of ether oxygens (including phenoxy) is 1. The highest BCUT2D eigenvalue weighted by molar-refractivity contribution is 5.73. The summed E-state index contributed by atoms with van der Waals surface area (Å²) in [4.78, 5) is 11.7. The van der Waals surface area contributed by atoms with E-state index in [1.54, 1.807) is 6.07 Å². The smallest absolute Gasteiger partial charge is 0.315 e. The lowest BCUT2D eigenvalue weighted by molar-refractivity contribution is 0.00775. The summed E-state index contributed by atoms with van der Waals surface area (Å²) in [5.41, 5.74) is 0.803. The topological polar surface area (TPSA) is 76.4 Å². The van der Waals surface area contributed by atoms with Crippen molar-refractivity contribution in [3.05, 3.63) is 18.0 Å². The lowest BCUT2D eigenvalue weighted by Gasteiger charge is -2.31. The summed E-state index contributed by atoms with van der Waals surface area (Å²) in [5, 5.41) is 9.38. The molecule has 2 heterocycles. The van der Waals surface area contributed by atoms with Crippen LogP contribution in [0.1, 0.15) is 32.9 Å². The molecule has 2 N–H and O–H groups in total. The van der Waals surface area contributed by atoms with Gasteiger partial charge in [0.05, 0.1) is 12.6 Å². The average molecular weight is 281 g/mol. The molecule has 0 spiro atoms. The Balaban J connectivity index is 1.73. The largest absolute Gasteiger partial charge is 0.377 e. The number of carbonyl (C=O) groups excluding carboxylic acids is 1. The minimum absolute atomic E-state index is 0.0973. The standard InChI is InChI=1S/C14H23N3O3/c1-14(2,3)12-10(4-6-19-12)8-15-13(18)16-9-11-5-7-20-17-11/h5,7,10,12H,4,6,8-9H2,1-3H3,(H2,15,16,18)/t10-,12+/m1/s1. The van der Waals surface area contributed by atoms with Crippen LogP contribution in [0.5, 0.6) is 0 Å². The first-order chi connectivity index (χ1) is 9.47. The van der Waals surface area contributed by atoms with E-state index in [4.69, 9.17) is 9.26 Å². The Morgan fingerprint density at radius 2 is 2.25 bits per heavy atom. The fourth-order valence-corrected chi connectivity index (χ4v) is 2.59. The summed E-state index contributed by atoms with van der Waals surface area (Å²) in [6.45, 7) is 8.27. The Labute approximate surface area is 119 Å². The highest BCUT2D eigenvalue weighted by Gasteiger charge is 2.37. The summed E-state index contributed by atoms with van der Waals surface area (Å²) in [5.74, 6) is 0.368. The van der Waals surface area contributed by atoms with Crippen molar-refractivity contribution >= 4 is 6.03 Å². The van der Waals surface area contributed by atoms with Gasteiger partial charge in [-0.15, -0.1) is 0 Å². The van der Waals surface area contributed by atoms with Crippen molar-refractivity contribution < 1.29 is 14.1 Å². The molecular formula is C14H23N3O3. The van der Waals surface area contributed by atoms with Crippen molar-refractivity contribution in [2.45, 2.75) is 39.8 Å². The third-order valence-corrected chi connectivity index (χ3v) is 3.51. The number of rotatable bonds is 4. The third kappa shape index (κ3) is 3.96. The zero-order valence-electron chi connectivity index (χ0n) is 12.3. The van der Waals surface area contributed by atoms with Crippen molar-refractivity contribution in [3.8, 4) is 0 Å². The molecule has 0 unspecified atom stereocenters. The predicted octanol–water partition coefficient (Wildman–Crippen LogP) is 1.92. The fourth-order valence-electron chi connectivity index (χ4n) is 2.59. The maximum atomic E-state index is 11.7. The molecule has 0 aromatic carbocycles. The van der Waals surface area contributed by atoms with Gasteiger partial charge in [0.15, 0.2) is 0 Å². The molecule has 6 nitrogen and oxygen atoms in total. The molecule has 1 aromatic rings. The first-order valence-corrected chi connectivity index (χ1v) is 6.99. The number of aromatic nitrogens is 1. The van der Waals surface area contributed by atoms with Crippen molar-refractivity contribution in [2.24, 2.45) is 11.3 Å². The maximum Gasteiger partial charge on any atom is 0.315 e. The molecule has 0 radical (unpaired) electrons. The van der Waals surface area contributed by atoms with Crippen molar-refractivity contribution in [1.29, 1.82) is 0 Å². The van der Waals surface area contributed by atoms with Gasteiger partial charge in [0.2, 0.25) is 0 Å². The van der Waals surface area contributed by atoms with Crippen LogP contribution in [-0.2, 0) is 11.3 Å². The SMILES string of the molecule is CC(C)(C)[C@H]1OCC[C@@H]1CNC(=O)NCc1ccon1. The summed E-state index contributed by atoms with van der Waals surface area (Å²) in [6, 6.07) is 1.54. The van der Waals surface area contributed by atoms with Gasteiger partial charge in [-0.2, -0.15) is 0 Å². The molecule has 1 saturated heterocycles. The summed E-state index contributed by atoms with van der Waals surface area (Å²) < 4.78 is 10.5. The second-order valence-electron chi connectivity index (χ2n) is 6.26. The zero-order chi connectivity index (χ0) is 14.6. The Kier molecular flexibility index (Phi) is 4.65. The van der Waals surface area contributed by atoms with Crippen molar-refractivity contribution in [3.63, 3.8) is 0 Å². The summed E-state index contributed by atoms with van der Waals surface area (Å²) >= 11 is 0. The van der Waals surface area contributed by atoms with Gasteiger partial charge >= 0.3 is 6.03 Å². The lowest BCUT2D eigenvalue weighted by atomic mass is 9.81. The number of hydrogen-bond acceptors (Lipinski definition) is 4. The monoisotopic (exact) mass is 281 g/mol.